The SMILES string of the molecule is CC(C)CC(NC(=O)c1ccco1)C(=O)N[C@H](C=O)C(C)C. The third-order valence-electron chi connectivity index (χ3n) is 3.25. The maximum absolute atomic E-state index is 12.3. The second-order valence-electron chi connectivity index (χ2n) is 6.05. The highest BCUT2D eigenvalue weighted by atomic mass is 16.3. The van der Waals surface area contributed by atoms with Crippen molar-refractivity contribution >= 4 is 18.1 Å². The molecule has 0 aliphatic heterocycles. The Balaban J connectivity index is 2.76. The van der Waals surface area contributed by atoms with Crippen molar-refractivity contribution in [3.63, 3.8) is 0 Å². The molecule has 1 aromatic heterocycles. The van der Waals surface area contributed by atoms with Crippen LogP contribution >= 0.6 is 0 Å². The minimum atomic E-state index is -0.709. The molecule has 0 saturated carbocycles. The molecule has 1 unspecified atom stereocenters. The number of nitrogens with one attached hydrogen (secondary N) is 2. The van der Waals surface area contributed by atoms with E-state index in [0.29, 0.717) is 12.7 Å². The zero-order chi connectivity index (χ0) is 16.7. The fourth-order valence-electron chi connectivity index (χ4n) is 1.96. The van der Waals surface area contributed by atoms with E-state index >= 15 is 0 Å². The molecule has 6 heteroatoms. The van der Waals surface area contributed by atoms with Gasteiger partial charge in [0.15, 0.2) is 5.76 Å². The predicted molar refractivity (Wildman–Crippen MR) is 82.2 cm³/mol. The fourth-order valence-corrected chi connectivity index (χ4v) is 1.96. The normalized spacial score (nSPS) is 13.7. The van der Waals surface area contributed by atoms with Crippen LogP contribution in [0.2, 0.25) is 0 Å². The van der Waals surface area contributed by atoms with Crippen LogP contribution in [0.1, 0.15) is 44.7 Å². The average molecular weight is 308 g/mol. The molecule has 0 aromatic carbocycles. The number of amides is 2. The van der Waals surface area contributed by atoms with Gasteiger partial charge in [-0.15, -0.1) is 0 Å². The highest BCUT2D eigenvalue weighted by molar-refractivity contribution is 5.95. The third-order valence-corrected chi connectivity index (χ3v) is 3.25. The molecule has 0 radical (unpaired) electrons. The standard InChI is InChI=1S/C16H24N2O4/c1-10(2)8-12(15(20)18-13(9-19)11(3)4)17-16(21)14-6-5-7-22-14/h5-7,9-13H,8H2,1-4H3,(H,17,21)(H,18,20)/t12?,13-/m1/s1. The molecule has 6 nitrogen and oxygen atoms in total. The Labute approximate surface area is 130 Å². The molecule has 0 aliphatic carbocycles. The molecule has 22 heavy (non-hydrogen) atoms. The van der Waals surface area contributed by atoms with Crippen LogP contribution in [0.4, 0.5) is 0 Å². The van der Waals surface area contributed by atoms with Gasteiger partial charge in [-0.1, -0.05) is 27.7 Å². The van der Waals surface area contributed by atoms with Crippen molar-refractivity contribution in [2.45, 2.75) is 46.2 Å². The summed E-state index contributed by atoms with van der Waals surface area (Å²) in [7, 11) is 0. The lowest BCUT2D eigenvalue weighted by Crippen LogP contribution is -2.51. The quantitative estimate of drug-likeness (QED) is 0.716. The molecule has 1 aromatic rings. The minimum Gasteiger partial charge on any atom is -0.459 e. The zero-order valence-electron chi connectivity index (χ0n) is 13.5. The molecular formula is C16H24N2O4. The van der Waals surface area contributed by atoms with E-state index in [1.165, 1.54) is 12.3 Å². The van der Waals surface area contributed by atoms with Crippen molar-refractivity contribution in [2.75, 3.05) is 0 Å². The summed E-state index contributed by atoms with van der Waals surface area (Å²) in [5.41, 5.74) is 0. The zero-order valence-corrected chi connectivity index (χ0v) is 13.5. The van der Waals surface area contributed by atoms with Crippen molar-refractivity contribution in [3.05, 3.63) is 24.2 Å². The lowest BCUT2D eigenvalue weighted by Gasteiger charge is -2.23. The van der Waals surface area contributed by atoms with Crippen LogP contribution in [0, 0.1) is 11.8 Å². The number of carbonyl (C=O) groups excluding carboxylic acids is 3. The Hall–Kier alpha value is -2.11. The van der Waals surface area contributed by atoms with Crippen LogP contribution in [0.25, 0.3) is 0 Å². The van der Waals surface area contributed by atoms with E-state index in [9.17, 15) is 14.4 Å². The molecular weight excluding hydrogens is 284 g/mol. The molecule has 1 rings (SSSR count). The number of rotatable bonds is 8. The van der Waals surface area contributed by atoms with Crippen molar-refractivity contribution in [1.29, 1.82) is 0 Å². The van der Waals surface area contributed by atoms with Gasteiger partial charge in [-0.25, -0.2) is 0 Å². The molecule has 122 valence electrons. The Bertz CT molecular complexity index is 494. The van der Waals surface area contributed by atoms with Crippen LogP contribution in [0.15, 0.2) is 22.8 Å². The monoisotopic (exact) mass is 308 g/mol. The molecule has 0 fully saturated rings. The van der Waals surface area contributed by atoms with Crippen LogP contribution < -0.4 is 10.6 Å². The summed E-state index contributed by atoms with van der Waals surface area (Å²) in [6.07, 6.45) is 2.58. The van der Waals surface area contributed by atoms with Gasteiger partial charge < -0.3 is 19.8 Å². The van der Waals surface area contributed by atoms with Crippen molar-refractivity contribution < 1.29 is 18.8 Å². The van der Waals surface area contributed by atoms with E-state index < -0.39 is 18.0 Å². The first-order chi connectivity index (χ1) is 10.3. The Morgan fingerprint density at radius 1 is 1.23 bits per heavy atom. The van der Waals surface area contributed by atoms with Gasteiger partial charge in [0.25, 0.3) is 5.91 Å². The van der Waals surface area contributed by atoms with E-state index in [0.717, 1.165) is 0 Å². The molecule has 2 atom stereocenters. The summed E-state index contributed by atoms with van der Waals surface area (Å²) >= 11 is 0. The molecule has 0 bridgehead atoms. The van der Waals surface area contributed by atoms with E-state index in [1.807, 2.05) is 27.7 Å². The largest absolute Gasteiger partial charge is 0.459 e. The first kappa shape index (κ1) is 17.9. The lowest BCUT2D eigenvalue weighted by molar-refractivity contribution is -0.126. The molecule has 0 saturated heterocycles. The predicted octanol–water partition coefficient (Wildman–Crippen LogP) is 1.76. The lowest BCUT2D eigenvalue weighted by atomic mass is 10.0. The maximum atomic E-state index is 12.3. The second-order valence-corrected chi connectivity index (χ2v) is 6.05. The number of carbonyl (C=O) groups is 3. The highest BCUT2D eigenvalue weighted by Gasteiger charge is 2.26. The van der Waals surface area contributed by atoms with Gasteiger partial charge in [-0.2, -0.15) is 0 Å². The van der Waals surface area contributed by atoms with Gasteiger partial charge in [0.05, 0.1) is 12.3 Å². The summed E-state index contributed by atoms with van der Waals surface area (Å²) in [6, 6.07) is 1.86. The van der Waals surface area contributed by atoms with Crippen LogP contribution in [0.3, 0.4) is 0 Å². The summed E-state index contributed by atoms with van der Waals surface area (Å²) in [4.78, 5) is 35.4. The summed E-state index contributed by atoms with van der Waals surface area (Å²) in [6.45, 7) is 7.61. The molecule has 2 amide bonds. The fraction of sp³-hybridized carbons (Fsp3) is 0.562. The maximum Gasteiger partial charge on any atom is 0.287 e. The summed E-state index contributed by atoms with van der Waals surface area (Å²) in [5.74, 6) is -0.460. The molecule has 0 spiro atoms. The van der Waals surface area contributed by atoms with Crippen molar-refractivity contribution in [1.82, 2.24) is 10.6 Å². The first-order valence-electron chi connectivity index (χ1n) is 7.45. The number of aldehydes is 1. The van der Waals surface area contributed by atoms with Gasteiger partial charge in [0.2, 0.25) is 5.91 Å². The van der Waals surface area contributed by atoms with E-state index in [-0.39, 0.29) is 23.5 Å². The molecule has 1 heterocycles. The minimum absolute atomic E-state index is 0.0121. The van der Waals surface area contributed by atoms with Gasteiger partial charge in [0.1, 0.15) is 12.3 Å². The number of hydrogen-bond acceptors (Lipinski definition) is 4. The topological polar surface area (TPSA) is 88.4 Å². The third kappa shape index (κ3) is 5.35. The van der Waals surface area contributed by atoms with Gasteiger partial charge in [-0.3, -0.25) is 9.59 Å². The Morgan fingerprint density at radius 2 is 1.91 bits per heavy atom. The first-order valence-corrected chi connectivity index (χ1v) is 7.45. The number of furan rings is 1. The summed E-state index contributed by atoms with van der Waals surface area (Å²) in [5, 5.41) is 5.33. The van der Waals surface area contributed by atoms with E-state index in [1.54, 1.807) is 6.07 Å². The van der Waals surface area contributed by atoms with Crippen LogP contribution in [-0.4, -0.2) is 30.2 Å². The Kier molecular flexibility index (Phi) is 6.82. The smallest absolute Gasteiger partial charge is 0.287 e. The van der Waals surface area contributed by atoms with Crippen molar-refractivity contribution in [2.24, 2.45) is 11.8 Å². The van der Waals surface area contributed by atoms with Gasteiger partial charge >= 0.3 is 0 Å². The number of hydrogen-bond donors (Lipinski definition) is 2. The van der Waals surface area contributed by atoms with Gasteiger partial charge in [-0.05, 0) is 30.4 Å². The highest BCUT2D eigenvalue weighted by Crippen LogP contribution is 2.08. The van der Waals surface area contributed by atoms with Gasteiger partial charge in [0, 0.05) is 0 Å². The average Bonchev–Trinajstić information content (AvgIpc) is 2.96. The Morgan fingerprint density at radius 3 is 2.36 bits per heavy atom. The van der Waals surface area contributed by atoms with E-state index in [2.05, 4.69) is 10.6 Å². The van der Waals surface area contributed by atoms with E-state index in [4.69, 9.17) is 4.42 Å². The summed E-state index contributed by atoms with van der Waals surface area (Å²) < 4.78 is 5.02. The molecule has 0 aliphatic rings. The molecule has 2 N–H and O–H groups in total. The van der Waals surface area contributed by atoms with Crippen LogP contribution in [-0.2, 0) is 9.59 Å². The van der Waals surface area contributed by atoms with Crippen molar-refractivity contribution in [3.8, 4) is 0 Å². The van der Waals surface area contributed by atoms with Crippen LogP contribution in [0.5, 0.6) is 0 Å². The second kappa shape index (κ2) is 8.36.